The van der Waals surface area contributed by atoms with Crippen molar-refractivity contribution < 1.29 is 23.4 Å². The highest BCUT2D eigenvalue weighted by Gasteiger charge is 2.28. The maximum atomic E-state index is 13.9. The van der Waals surface area contributed by atoms with E-state index in [-0.39, 0.29) is 20.0 Å². The van der Waals surface area contributed by atoms with Crippen molar-refractivity contribution in [1.29, 1.82) is 0 Å². The van der Waals surface area contributed by atoms with E-state index in [4.69, 9.17) is 14.2 Å². The summed E-state index contributed by atoms with van der Waals surface area (Å²) in [5.41, 5.74) is 4.32. The molecule has 6 nitrogen and oxygen atoms in total. The van der Waals surface area contributed by atoms with Crippen LogP contribution in [-0.4, -0.2) is 22.5 Å². The molecule has 1 aromatic heterocycles. The van der Waals surface area contributed by atoms with Gasteiger partial charge in [0.25, 0.3) is 0 Å². The molecule has 0 atom stereocenters. The number of benzene rings is 2. The first-order chi connectivity index (χ1) is 14.2. The zero-order valence-corrected chi connectivity index (χ0v) is 15.7. The van der Waals surface area contributed by atoms with Gasteiger partial charge in [-0.15, -0.1) is 0 Å². The first kappa shape index (κ1) is 17.9. The molecule has 29 heavy (non-hydrogen) atoms. The number of nitrogens with zero attached hydrogens (tertiary/aromatic N) is 2. The van der Waals surface area contributed by atoms with Crippen LogP contribution in [0.25, 0.3) is 5.69 Å². The van der Waals surface area contributed by atoms with Crippen molar-refractivity contribution in [2.24, 2.45) is 0 Å². The molecular weight excluding hydrogens is 375 g/mol. The Morgan fingerprint density at radius 1 is 1.21 bits per heavy atom. The van der Waals surface area contributed by atoms with Crippen molar-refractivity contribution in [1.82, 2.24) is 9.78 Å². The lowest BCUT2D eigenvalue weighted by atomic mass is 10.1. The van der Waals surface area contributed by atoms with Crippen molar-refractivity contribution in [3.8, 4) is 11.4 Å². The smallest absolute Gasteiger partial charge is 0.359 e. The number of aromatic nitrogens is 2. The fourth-order valence-electron chi connectivity index (χ4n) is 3.96. The fourth-order valence-corrected chi connectivity index (χ4v) is 3.96. The summed E-state index contributed by atoms with van der Waals surface area (Å²) in [5, 5.41) is 4.54. The van der Waals surface area contributed by atoms with E-state index in [0.29, 0.717) is 22.6 Å². The van der Waals surface area contributed by atoms with E-state index >= 15 is 0 Å². The largest absolute Gasteiger partial charge is 0.467 e. The van der Waals surface area contributed by atoms with Crippen LogP contribution in [0.5, 0.6) is 5.75 Å². The summed E-state index contributed by atoms with van der Waals surface area (Å²) in [6, 6.07) is 12.4. The predicted octanol–water partition coefficient (Wildman–Crippen LogP) is 3.72. The SMILES string of the molecule is O=C(OCc1cc(F)cc2c1OCOC2)c1nn(-c2ccccc2)c2c1CCC2. The number of rotatable bonds is 4. The molecule has 148 valence electrons. The lowest BCUT2D eigenvalue weighted by molar-refractivity contribution is -0.0183. The zero-order valence-electron chi connectivity index (χ0n) is 15.7. The summed E-state index contributed by atoms with van der Waals surface area (Å²) in [6.45, 7) is 0.267. The molecule has 0 bridgehead atoms. The van der Waals surface area contributed by atoms with Gasteiger partial charge in [0, 0.05) is 22.4 Å². The van der Waals surface area contributed by atoms with Gasteiger partial charge in [0.05, 0.1) is 12.3 Å². The molecule has 0 fully saturated rings. The van der Waals surface area contributed by atoms with Gasteiger partial charge < -0.3 is 14.2 Å². The molecule has 7 heteroatoms. The number of hydrogen-bond acceptors (Lipinski definition) is 5. The highest BCUT2D eigenvalue weighted by molar-refractivity contribution is 5.89. The molecule has 5 rings (SSSR count). The number of halogens is 1. The molecule has 1 aliphatic carbocycles. The summed E-state index contributed by atoms with van der Waals surface area (Å²) < 4.78 is 31.9. The first-order valence-electron chi connectivity index (χ1n) is 9.56. The molecule has 1 aliphatic heterocycles. The Bertz CT molecular complexity index is 1080. The quantitative estimate of drug-likeness (QED) is 0.631. The average Bonchev–Trinajstić information content (AvgIpc) is 3.35. The molecule has 0 amide bonds. The van der Waals surface area contributed by atoms with Crippen molar-refractivity contribution in [3.63, 3.8) is 0 Å². The highest BCUT2D eigenvalue weighted by atomic mass is 19.1. The fraction of sp³-hybridized carbons (Fsp3) is 0.273. The van der Waals surface area contributed by atoms with E-state index < -0.39 is 11.8 Å². The molecule has 0 unspecified atom stereocenters. The van der Waals surface area contributed by atoms with E-state index in [1.807, 2.05) is 35.0 Å². The summed E-state index contributed by atoms with van der Waals surface area (Å²) in [6.07, 6.45) is 2.64. The normalized spacial score (nSPS) is 14.8. The number of ether oxygens (including phenoxy) is 3. The van der Waals surface area contributed by atoms with Crippen LogP contribution in [0.2, 0.25) is 0 Å². The van der Waals surface area contributed by atoms with E-state index in [2.05, 4.69) is 5.10 Å². The van der Waals surface area contributed by atoms with E-state index in [1.165, 1.54) is 12.1 Å². The predicted molar refractivity (Wildman–Crippen MR) is 101 cm³/mol. The summed E-state index contributed by atoms with van der Waals surface area (Å²) in [4.78, 5) is 12.8. The van der Waals surface area contributed by atoms with Crippen molar-refractivity contribution in [2.75, 3.05) is 6.79 Å². The number of para-hydroxylation sites is 1. The third-order valence-electron chi connectivity index (χ3n) is 5.23. The van der Waals surface area contributed by atoms with Crippen LogP contribution < -0.4 is 4.74 Å². The summed E-state index contributed by atoms with van der Waals surface area (Å²) in [5.74, 6) is -0.411. The number of carbonyl (C=O) groups excluding carboxylic acids is 1. The molecule has 0 saturated carbocycles. The molecule has 0 N–H and O–H groups in total. The molecule has 3 aromatic rings. The van der Waals surface area contributed by atoms with Gasteiger partial charge in [-0.2, -0.15) is 5.10 Å². The summed E-state index contributed by atoms with van der Waals surface area (Å²) in [7, 11) is 0. The van der Waals surface area contributed by atoms with Gasteiger partial charge in [-0.1, -0.05) is 18.2 Å². The van der Waals surface area contributed by atoms with Gasteiger partial charge in [0.1, 0.15) is 18.2 Å². The number of hydrogen-bond donors (Lipinski definition) is 0. The maximum absolute atomic E-state index is 13.9. The van der Waals surface area contributed by atoms with Gasteiger partial charge in [-0.3, -0.25) is 0 Å². The highest BCUT2D eigenvalue weighted by Crippen LogP contribution is 2.31. The Kier molecular flexibility index (Phi) is 4.52. The topological polar surface area (TPSA) is 62.6 Å². The number of carbonyl (C=O) groups is 1. The van der Waals surface area contributed by atoms with Crippen LogP contribution in [0.15, 0.2) is 42.5 Å². The van der Waals surface area contributed by atoms with Gasteiger partial charge in [-0.05, 0) is 43.5 Å². The second kappa shape index (κ2) is 7.33. The minimum absolute atomic E-state index is 0.0914. The minimum Gasteiger partial charge on any atom is -0.467 e. The van der Waals surface area contributed by atoms with Crippen molar-refractivity contribution in [3.05, 3.63) is 76.4 Å². The van der Waals surface area contributed by atoms with Crippen molar-refractivity contribution in [2.45, 2.75) is 32.5 Å². The minimum atomic E-state index is -0.511. The summed E-state index contributed by atoms with van der Waals surface area (Å²) >= 11 is 0. The third-order valence-corrected chi connectivity index (χ3v) is 5.23. The Morgan fingerprint density at radius 2 is 2.07 bits per heavy atom. The van der Waals surface area contributed by atoms with Crippen LogP contribution in [0, 0.1) is 5.82 Å². The Hall–Kier alpha value is -3.19. The van der Waals surface area contributed by atoms with Gasteiger partial charge in [0.15, 0.2) is 12.5 Å². The van der Waals surface area contributed by atoms with Crippen LogP contribution in [0.1, 0.15) is 39.3 Å². The molecule has 0 radical (unpaired) electrons. The zero-order chi connectivity index (χ0) is 19.8. The van der Waals surface area contributed by atoms with Crippen molar-refractivity contribution >= 4 is 5.97 Å². The molecule has 2 aromatic carbocycles. The standard InChI is InChI=1S/C22H19FN2O4/c23-16-9-14-11-27-13-29-21(14)15(10-16)12-28-22(26)20-18-7-4-8-19(18)25(24-20)17-5-2-1-3-6-17/h1-3,5-6,9-10H,4,7-8,11-13H2. The van der Waals surface area contributed by atoms with Crippen LogP contribution in [-0.2, 0) is 35.5 Å². The molecular formula is C22H19FN2O4. The van der Waals surface area contributed by atoms with Gasteiger partial charge >= 0.3 is 5.97 Å². The lowest BCUT2D eigenvalue weighted by Crippen LogP contribution is -2.15. The molecule has 2 heterocycles. The average molecular weight is 394 g/mol. The van der Waals surface area contributed by atoms with Crippen LogP contribution in [0.4, 0.5) is 4.39 Å². The first-order valence-corrected chi connectivity index (χ1v) is 9.56. The van der Waals surface area contributed by atoms with E-state index in [0.717, 1.165) is 36.2 Å². The Labute approximate surface area is 166 Å². The Morgan fingerprint density at radius 3 is 2.93 bits per heavy atom. The molecule has 0 spiro atoms. The third kappa shape index (κ3) is 3.27. The molecule has 2 aliphatic rings. The van der Waals surface area contributed by atoms with Gasteiger partial charge in [0.2, 0.25) is 0 Å². The maximum Gasteiger partial charge on any atom is 0.359 e. The van der Waals surface area contributed by atoms with E-state index in [9.17, 15) is 9.18 Å². The van der Waals surface area contributed by atoms with Crippen LogP contribution >= 0.6 is 0 Å². The molecule has 0 saturated heterocycles. The monoisotopic (exact) mass is 394 g/mol. The Balaban J connectivity index is 1.41. The lowest BCUT2D eigenvalue weighted by Gasteiger charge is -2.20. The number of esters is 1. The number of fused-ring (bicyclic) bond motifs is 2. The second-order valence-corrected chi connectivity index (χ2v) is 7.11. The van der Waals surface area contributed by atoms with Gasteiger partial charge in [-0.25, -0.2) is 13.9 Å². The van der Waals surface area contributed by atoms with Crippen LogP contribution in [0.3, 0.4) is 0 Å². The second-order valence-electron chi connectivity index (χ2n) is 7.11. The van der Waals surface area contributed by atoms with E-state index in [1.54, 1.807) is 0 Å².